The number of benzene rings is 1. The molecule has 0 atom stereocenters. The van der Waals surface area contributed by atoms with Crippen LogP contribution >= 0.6 is 0 Å². The Bertz CT molecular complexity index is 431. The van der Waals surface area contributed by atoms with Crippen molar-refractivity contribution >= 4 is 11.6 Å². The Morgan fingerprint density at radius 2 is 2.00 bits per heavy atom. The maximum atomic E-state index is 12.7. The summed E-state index contributed by atoms with van der Waals surface area (Å²) >= 11 is 0. The predicted molar refractivity (Wildman–Crippen MR) is 53.8 cm³/mol. The van der Waals surface area contributed by atoms with Gasteiger partial charge in [0.25, 0.3) is 5.91 Å². The van der Waals surface area contributed by atoms with Crippen LogP contribution in [-0.2, 0) is 0 Å². The zero-order valence-electron chi connectivity index (χ0n) is 8.88. The molecule has 0 radical (unpaired) electrons. The molecule has 0 aromatic heterocycles. The number of anilines is 1. The maximum Gasteiger partial charge on any atom is 0.406 e. The molecule has 1 aromatic rings. The molecule has 0 aliphatic carbocycles. The van der Waals surface area contributed by atoms with E-state index >= 15 is 0 Å². The van der Waals surface area contributed by atoms with Gasteiger partial charge in [-0.15, -0.1) is 0 Å². The lowest BCUT2D eigenvalue weighted by atomic mass is 10.1. The Morgan fingerprint density at radius 1 is 1.41 bits per heavy atom. The molecule has 0 spiro atoms. The average molecular weight is 250 g/mol. The average Bonchev–Trinajstić information content (AvgIpc) is 2.14. The van der Waals surface area contributed by atoms with Crippen molar-refractivity contribution in [2.45, 2.75) is 6.18 Å². The van der Waals surface area contributed by atoms with Crippen LogP contribution in [0.3, 0.4) is 0 Å². The van der Waals surface area contributed by atoms with Gasteiger partial charge < -0.3 is 10.6 Å². The predicted octanol–water partition coefficient (Wildman–Crippen LogP) is 2.04. The summed E-state index contributed by atoms with van der Waals surface area (Å²) in [6.45, 7) is -1.39. The molecule has 0 unspecified atom stereocenters. The number of nitrogen functional groups attached to an aromatic ring is 1. The van der Waals surface area contributed by atoms with E-state index in [4.69, 9.17) is 5.73 Å². The van der Waals surface area contributed by atoms with Crippen molar-refractivity contribution < 1.29 is 22.4 Å². The van der Waals surface area contributed by atoms with E-state index in [-0.39, 0.29) is 11.3 Å². The summed E-state index contributed by atoms with van der Waals surface area (Å²) in [6, 6.07) is 2.90. The fourth-order valence-corrected chi connectivity index (χ4v) is 1.27. The number of amides is 1. The summed E-state index contributed by atoms with van der Waals surface area (Å²) in [5, 5.41) is 0. The number of carbonyl (C=O) groups is 1. The zero-order chi connectivity index (χ0) is 13.2. The van der Waals surface area contributed by atoms with Crippen LogP contribution < -0.4 is 5.73 Å². The van der Waals surface area contributed by atoms with Crippen molar-refractivity contribution in [1.82, 2.24) is 4.90 Å². The van der Waals surface area contributed by atoms with E-state index in [9.17, 15) is 22.4 Å². The number of rotatable bonds is 2. The van der Waals surface area contributed by atoms with E-state index in [1.54, 1.807) is 0 Å². The van der Waals surface area contributed by atoms with Crippen molar-refractivity contribution in [3.63, 3.8) is 0 Å². The Balaban J connectivity index is 2.89. The Morgan fingerprint density at radius 3 is 2.47 bits per heavy atom. The van der Waals surface area contributed by atoms with Gasteiger partial charge in [-0.25, -0.2) is 4.39 Å². The van der Waals surface area contributed by atoms with Gasteiger partial charge in [0.1, 0.15) is 12.4 Å². The minimum atomic E-state index is -4.49. The number of carbonyl (C=O) groups excluding carboxylic acids is 1. The number of hydrogen-bond acceptors (Lipinski definition) is 2. The molecular weight excluding hydrogens is 240 g/mol. The fraction of sp³-hybridized carbons (Fsp3) is 0.300. The lowest BCUT2D eigenvalue weighted by Crippen LogP contribution is -2.36. The molecule has 0 saturated carbocycles. The summed E-state index contributed by atoms with van der Waals surface area (Å²) in [5.41, 5.74) is 5.01. The lowest BCUT2D eigenvalue weighted by Gasteiger charge is -2.19. The second-order valence-corrected chi connectivity index (χ2v) is 3.51. The van der Waals surface area contributed by atoms with Crippen LogP contribution in [0.1, 0.15) is 10.4 Å². The van der Waals surface area contributed by atoms with Crippen molar-refractivity contribution in [2.24, 2.45) is 0 Å². The quantitative estimate of drug-likeness (QED) is 0.645. The first-order valence-corrected chi connectivity index (χ1v) is 4.58. The minimum Gasteiger partial charge on any atom is -0.398 e. The largest absolute Gasteiger partial charge is 0.406 e. The highest BCUT2D eigenvalue weighted by Gasteiger charge is 2.31. The van der Waals surface area contributed by atoms with Crippen molar-refractivity contribution in [3.8, 4) is 0 Å². The molecule has 3 nitrogen and oxygen atoms in total. The summed E-state index contributed by atoms with van der Waals surface area (Å²) in [7, 11) is 0.999. The van der Waals surface area contributed by atoms with E-state index < -0.39 is 24.4 Å². The second kappa shape index (κ2) is 4.60. The van der Waals surface area contributed by atoms with Crippen LogP contribution in [0.15, 0.2) is 18.2 Å². The molecule has 0 fully saturated rings. The molecule has 7 heteroatoms. The van der Waals surface area contributed by atoms with E-state index in [0.29, 0.717) is 4.90 Å². The first-order chi connectivity index (χ1) is 7.70. The number of nitrogens with two attached hydrogens (primary N) is 1. The highest BCUT2D eigenvalue weighted by atomic mass is 19.4. The van der Waals surface area contributed by atoms with Crippen LogP contribution in [0.2, 0.25) is 0 Å². The number of hydrogen-bond donors (Lipinski definition) is 1. The Hall–Kier alpha value is -1.79. The van der Waals surface area contributed by atoms with Gasteiger partial charge >= 0.3 is 6.18 Å². The lowest BCUT2D eigenvalue weighted by molar-refractivity contribution is -0.138. The molecule has 0 saturated heterocycles. The van der Waals surface area contributed by atoms with Gasteiger partial charge in [-0.05, 0) is 18.2 Å². The van der Waals surface area contributed by atoms with Gasteiger partial charge in [0, 0.05) is 12.7 Å². The van der Waals surface area contributed by atoms with Gasteiger partial charge in [-0.2, -0.15) is 13.2 Å². The first kappa shape index (κ1) is 13.3. The molecule has 17 heavy (non-hydrogen) atoms. The van der Waals surface area contributed by atoms with Gasteiger partial charge in [0.05, 0.1) is 5.56 Å². The van der Waals surface area contributed by atoms with E-state index in [1.807, 2.05) is 0 Å². The van der Waals surface area contributed by atoms with Crippen molar-refractivity contribution in [3.05, 3.63) is 29.6 Å². The first-order valence-electron chi connectivity index (χ1n) is 4.58. The smallest absolute Gasteiger partial charge is 0.398 e. The fourth-order valence-electron chi connectivity index (χ4n) is 1.27. The molecule has 0 heterocycles. The molecule has 0 aliphatic rings. The third-order valence-electron chi connectivity index (χ3n) is 2.01. The van der Waals surface area contributed by atoms with Crippen LogP contribution in [0, 0.1) is 5.82 Å². The van der Waals surface area contributed by atoms with E-state index in [1.165, 1.54) is 0 Å². The molecule has 0 bridgehead atoms. The molecule has 1 amide bonds. The zero-order valence-corrected chi connectivity index (χ0v) is 8.88. The summed E-state index contributed by atoms with van der Waals surface area (Å²) in [6.07, 6.45) is -4.49. The SMILES string of the molecule is CN(CC(F)(F)F)C(=O)c1ccc(F)cc1N. The van der Waals surface area contributed by atoms with Crippen LogP contribution in [0.25, 0.3) is 0 Å². The molecule has 0 aliphatic heterocycles. The molecule has 1 aromatic carbocycles. The van der Waals surface area contributed by atoms with Crippen LogP contribution in [-0.4, -0.2) is 30.6 Å². The van der Waals surface area contributed by atoms with E-state index in [2.05, 4.69) is 0 Å². The van der Waals surface area contributed by atoms with Crippen molar-refractivity contribution in [1.29, 1.82) is 0 Å². The number of halogens is 4. The summed E-state index contributed by atoms with van der Waals surface area (Å²) in [4.78, 5) is 12.1. The van der Waals surface area contributed by atoms with Gasteiger partial charge in [0.2, 0.25) is 0 Å². The maximum absolute atomic E-state index is 12.7. The Labute approximate surface area is 94.8 Å². The highest BCUT2D eigenvalue weighted by Crippen LogP contribution is 2.19. The standard InChI is InChI=1S/C10H10F4N2O/c1-16(5-10(12,13)14)9(17)7-3-2-6(11)4-8(7)15/h2-4H,5,15H2,1H3. The molecular formula is C10H10F4N2O. The third kappa shape index (κ3) is 3.61. The number of alkyl halides is 3. The van der Waals surface area contributed by atoms with Gasteiger partial charge in [-0.3, -0.25) is 4.79 Å². The van der Waals surface area contributed by atoms with E-state index in [0.717, 1.165) is 25.2 Å². The molecule has 94 valence electrons. The number of nitrogens with zero attached hydrogens (tertiary/aromatic N) is 1. The van der Waals surface area contributed by atoms with Gasteiger partial charge in [-0.1, -0.05) is 0 Å². The van der Waals surface area contributed by atoms with Crippen LogP contribution in [0.4, 0.5) is 23.2 Å². The molecule has 2 N–H and O–H groups in total. The summed E-state index contributed by atoms with van der Waals surface area (Å²) < 4.78 is 48.9. The second-order valence-electron chi connectivity index (χ2n) is 3.51. The van der Waals surface area contributed by atoms with Gasteiger partial charge in [0.15, 0.2) is 0 Å². The topological polar surface area (TPSA) is 46.3 Å². The molecule has 1 rings (SSSR count). The highest BCUT2D eigenvalue weighted by molar-refractivity contribution is 5.98. The third-order valence-corrected chi connectivity index (χ3v) is 2.01. The monoisotopic (exact) mass is 250 g/mol. The normalized spacial score (nSPS) is 11.4. The van der Waals surface area contributed by atoms with Crippen LogP contribution in [0.5, 0.6) is 0 Å². The summed E-state index contributed by atoms with van der Waals surface area (Å²) in [5.74, 6) is -1.56. The van der Waals surface area contributed by atoms with Crippen molar-refractivity contribution in [2.75, 3.05) is 19.3 Å². The minimum absolute atomic E-state index is 0.154. The Kier molecular flexibility index (Phi) is 3.59.